The zero-order valence-electron chi connectivity index (χ0n) is 22.8. The molecule has 1 aliphatic carbocycles. The number of carbonyl (C=O) groups is 2. The fraction of sp³-hybridized carbons (Fsp3) is 0.312. The standard InChI is InChI=1S/C32H34FN3O4/c1-39-25-16-17-27(29(19-25)40-2)31(32(38)35-23-8-4-3-5-9-23)36(24-14-12-22(33)13-15-24)30(37)18-21-20-34-28-11-7-6-10-26(21)28/h6-7,10-17,19-20,23,31,34H,3-5,8-9,18H2,1-2H3,(H,35,38)/t31-/m1/s1. The number of anilines is 1. The molecule has 5 rings (SSSR count). The number of fused-ring (bicyclic) bond motifs is 1. The number of nitrogens with one attached hydrogen (secondary N) is 2. The fourth-order valence-corrected chi connectivity index (χ4v) is 5.53. The molecule has 1 aromatic heterocycles. The van der Waals surface area contributed by atoms with Gasteiger partial charge in [0.1, 0.15) is 23.4 Å². The Kier molecular flexibility index (Phi) is 8.34. The summed E-state index contributed by atoms with van der Waals surface area (Å²) in [5.74, 6) is -0.0800. The van der Waals surface area contributed by atoms with Crippen molar-refractivity contribution in [3.8, 4) is 11.5 Å². The number of ether oxygens (including phenoxy) is 2. The molecule has 208 valence electrons. The molecule has 8 heteroatoms. The smallest absolute Gasteiger partial charge is 0.248 e. The number of H-pyrrole nitrogens is 1. The second-order valence-electron chi connectivity index (χ2n) is 10.1. The summed E-state index contributed by atoms with van der Waals surface area (Å²) in [6.45, 7) is 0. The minimum Gasteiger partial charge on any atom is -0.497 e. The predicted octanol–water partition coefficient (Wildman–Crippen LogP) is 6.09. The van der Waals surface area contributed by atoms with Gasteiger partial charge in [-0.2, -0.15) is 0 Å². The predicted molar refractivity (Wildman–Crippen MR) is 153 cm³/mol. The lowest BCUT2D eigenvalue weighted by Gasteiger charge is -2.34. The van der Waals surface area contributed by atoms with Crippen molar-refractivity contribution in [2.45, 2.75) is 50.6 Å². The first-order valence-electron chi connectivity index (χ1n) is 13.6. The van der Waals surface area contributed by atoms with E-state index >= 15 is 0 Å². The van der Waals surface area contributed by atoms with E-state index in [1.807, 2.05) is 30.5 Å². The van der Waals surface area contributed by atoms with E-state index in [1.165, 1.54) is 36.3 Å². The Bertz CT molecular complexity index is 1480. The van der Waals surface area contributed by atoms with Gasteiger partial charge in [0.15, 0.2) is 0 Å². The Morgan fingerprint density at radius 2 is 1.75 bits per heavy atom. The van der Waals surface area contributed by atoms with Gasteiger partial charge in [0.2, 0.25) is 11.8 Å². The molecule has 1 aliphatic rings. The molecule has 2 amide bonds. The molecular formula is C32H34FN3O4. The average molecular weight is 544 g/mol. The van der Waals surface area contributed by atoms with Crippen LogP contribution in [0, 0.1) is 5.82 Å². The maximum atomic E-state index is 14.2. The summed E-state index contributed by atoms with van der Waals surface area (Å²) in [4.78, 5) is 33.1. The Morgan fingerprint density at radius 1 is 1.00 bits per heavy atom. The quantitative estimate of drug-likeness (QED) is 0.268. The number of nitrogens with zero attached hydrogens (tertiary/aromatic N) is 1. The monoisotopic (exact) mass is 543 g/mol. The first-order chi connectivity index (χ1) is 19.5. The zero-order chi connectivity index (χ0) is 28.1. The van der Waals surface area contributed by atoms with E-state index in [1.54, 1.807) is 25.3 Å². The van der Waals surface area contributed by atoms with Crippen LogP contribution < -0.4 is 19.7 Å². The number of carbonyl (C=O) groups excluding carboxylic acids is 2. The van der Waals surface area contributed by atoms with Crippen molar-refractivity contribution in [1.82, 2.24) is 10.3 Å². The Hall–Kier alpha value is -4.33. The van der Waals surface area contributed by atoms with Crippen LogP contribution in [0.25, 0.3) is 10.9 Å². The molecule has 0 saturated heterocycles. The third kappa shape index (κ3) is 5.81. The average Bonchev–Trinajstić information content (AvgIpc) is 3.39. The van der Waals surface area contributed by atoms with Crippen molar-refractivity contribution in [1.29, 1.82) is 0 Å². The first-order valence-corrected chi connectivity index (χ1v) is 13.6. The number of rotatable bonds is 9. The largest absolute Gasteiger partial charge is 0.497 e. The van der Waals surface area contributed by atoms with Crippen LogP contribution in [-0.2, 0) is 16.0 Å². The lowest BCUT2D eigenvalue weighted by molar-refractivity contribution is -0.127. The molecule has 7 nitrogen and oxygen atoms in total. The molecule has 4 aromatic rings. The summed E-state index contributed by atoms with van der Waals surface area (Å²) in [6, 6.07) is 17.5. The van der Waals surface area contributed by atoms with Crippen LogP contribution >= 0.6 is 0 Å². The van der Waals surface area contributed by atoms with E-state index in [0.717, 1.165) is 48.6 Å². The number of halogens is 1. The number of aromatic nitrogens is 1. The molecule has 1 fully saturated rings. The fourth-order valence-electron chi connectivity index (χ4n) is 5.53. The number of methoxy groups -OCH3 is 2. The minimum atomic E-state index is -1.06. The van der Waals surface area contributed by atoms with Gasteiger partial charge in [-0.15, -0.1) is 0 Å². The van der Waals surface area contributed by atoms with Crippen molar-refractivity contribution in [3.63, 3.8) is 0 Å². The van der Waals surface area contributed by atoms with Crippen LogP contribution in [0.5, 0.6) is 11.5 Å². The van der Waals surface area contributed by atoms with Gasteiger partial charge >= 0.3 is 0 Å². The third-order valence-electron chi connectivity index (χ3n) is 7.58. The Labute approximate surface area is 233 Å². The highest BCUT2D eigenvalue weighted by atomic mass is 19.1. The number of hydrogen-bond donors (Lipinski definition) is 2. The van der Waals surface area contributed by atoms with Crippen LogP contribution in [-0.4, -0.2) is 37.1 Å². The maximum absolute atomic E-state index is 14.2. The molecule has 0 unspecified atom stereocenters. The molecule has 40 heavy (non-hydrogen) atoms. The lowest BCUT2D eigenvalue weighted by Crippen LogP contribution is -2.47. The zero-order valence-corrected chi connectivity index (χ0v) is 22.8. The van der Waals surface area contributed by atoms with Crippen molar-refractivity contribution in [3.05, 3.63) is 89.9 Å². The van der Waals surface area contributed by atoms with Crippen LogP contribution in [0.1, 0.15) is 49.3 Å². The van der Waals surface area contributed by atoms with Gasteiger partial charge in [-0.3, -0.25) is 14.5 Å². The lowest BCUT2D eigenvalue weighted by atomic mass is 9.94. The molecule has 0 aliphatic heterocycles. The SMILES string of the molecule is COc1ccc([C@H](C(=O)NC2CCCCC2)N(C(=O)Cc2c[nH]c3ccccc23)c2ccc(F)cc2)c(OC)c1. The third-order valence-corrected chi connectivity index (χ3v) is 7.58. The summed E-state index contributed by atoms with van der Waals surface area (Å²) < 4.78 is 25.1. The van der Waals surface area contributed by atoms with Crippen molar-refractivity contribution in [2.24, 2.45) is 0 Å². The molecule has 1 saturated carbocycles. The normalized spacial score (nSPS) is 14.5. The van der Waals surface area contributed by atoms with E-state index in [2.05, 4.69) is 10.3 Å². The first kappa shape index (κ1) is 27.2. The van der Waals surface area contributed by atoms with Gasteiger partial charge in [0.05, 0.1) is 20.6 Å². The van der Waals surface area contributed by atoms with Gasteiger partial charge in [-0.1, -0.05) is 37.5 Å². The van der Waals surface area contributed by atoms with Crippen LogP contribution in [0.15, 0.2) is 72.9 Å². The Balaban J connectivity index is 1.61. The maximum Gasteiger partial charge on any atom is 0.248 e. The topological polar surface area (TPSA) is 83.7 Å². The number of hydrogen-bond acceptors (Lipinski definition) is 4. The number of benzene rings is 3. The highest BCUT2D eigenvalue weighted by molar-refractivity contribution is 6.03. The van der Waals surface area contributed by atoms with Gasteiger partial charge < -0.3 is 19.8 Å². The minimum absolute atomic E-state index is 0.0202. The van der Waals surface area contributed by atoms with Gasteiger partial charge in [0, 0.05) is 40.5 Å². The van der Waals surface area contributed by atoms with Crippen molar-refractivity contribution in [2.75, 3.05) is 19.1 Å². The second-order valence-corrected chi connectivity index (χ2v) is 10.1. The molecule has 1 atom stereocenters. The van der Waals surface area contributed by atoms with E-state index in [-0.39, 0.29) is 24.3 Å². The van der Waals surface area contributed by atoms with E-state index in [9.17, 15) is 14.0 Å². The molecule has 1 heterocycles. The van der Waals surface area contributed by atoms with Gasteiger partial charge in [0.25, 0.3) is 0 Å². The van der Waals surface area contributed by atoms with Crippen LogP contribution in [0.2, 0.25) is 0 Å². The van der Waals surface area contributed by atoms with Crippen molar-refractivity contribution < 1.29 is 23.5 Å². The molecule has 3 aromatic carbocycles. The molecular weight excluding hydrogens is 509 g/mol. The molecule has 0 radical (unpaired) electrons. The summed E-state index contributed by atoms with van der Waals surface area (Å²) in [7, 11) is 3.07. The van der Waals surface area contributed by atoms with Gasteiger partial charge in [-0.05, 0) is 60.9 Å². The van der Waals surface area contributed by atoms with Crippen LogP contribution in [0.4, 0.5) is 10.1 Å². The van der Waals surface area contributed by atoms with Crippen LogP contribution in [0.3, 0.4) is 0 Å². The van der Waals surface area contributed by atoms with E-state index in [0.29, 0.717) is 22.7 Å². The van der Waals surface area contributed by atoms with Crippen molar-refractivity contribution >= 4 is 28.4 Å². The summed E-state index contributed by atoms with van der Waals surface area (Å²) >= 11 is 0. The highest BCUT2D eigenvalue weighted by Crippen LogP contribution is 2.37. The molecule has 0 spiro atoms. The van der Waals surface area contributed by atoms with Gasteiger partial charge in [-0.25, -0.2) is 4.39 Å². The molecule has 2 N–H and O–H groups in total. The summed E-state index contributed by atoms with van der Waals surface area (Å²) in [5, 5.41) is 4.13. The number of aromatic amines is 1. The summed E-state index contributed by atoms with van der Waals surface area (Å²) in [6.07, 6.45) is 6.86. The summed E-state index contributed by atoms with van der Waals surface area (Å²) in [5.41, 5.74) is 2.64. The molecule has 0 bridgehead atoms. The van der Waals surface area contributed by atoms with E-state index in [4.69, 9.17) is 9.47 Å². The highest BCUT2D eigenvalue weighted by Gasteiger charge is 2.36. The Morgan fingerprint density at radius 3 is 2.48 bits per heavy atom. The second kappa shape index (κ2) is 12.2. The number of amides is 2. The number of para-hydroxylation sites is 1. The van der Waals surface area contributed by atoms with E-state index < -0.39 is 11.9 Å².